The lowest BCUT2D eigenvalue weighted by Gasteiger charge is -2.56. The highest BCUT2D eigenvalue weighted by molar-refractivity contribution is 5.85. The maximum absolute atomic E-state index is 12.8. The number of fused-ring (bicyclic) bond motifs is 1. The van der Waals surface area contributed by atoms with E-state index in [1.165, 1.54) is 44.1 Å². The number of carbonyl (C=O) groups is 2. The molecule has 2 amide bonds. The molecule has 0 aromatic heterocycles. The van der Waals surface area contributed by atoms with Gasteiger partial charge in [-0.2, -0.15) is 0 Å². The molecule has 5 aliphatic rings. The second kappa shape index (κ2) is 8.03. The first kappa shape index (κ1) is 20.7. The lowest BCUT2D eigenvalue weighted by Crippen LogP contribution is -2.49. The van der Waals surface area contributed by atoms with Crippen molar-refractivity contribution in [3.63, 3.8) is 0 Å². The maximum atomic E-state index is 12.8. The molecule has 4 aliphatic carbocycles. The van der Waals surface area contributed by atoms with Gasteiger partial charge < -0.3 is 19.7 Å². The molecule has 4 fully saturated rings. The second-order valence-electron chi connectivity index (χ2n) is 10.4. The van der Waals surface area contributed by atoms with E-state index < -0.39 is 0 Å². The van der Waals surface area contributed by atoms with E-state index in [1.807, 2.05) is 17.0 Å². The van der Waals surface area contributed by atoms with E-state index in [9.17, 15) is 9.59 Å². The topological polar surface area (TPSA) is 67.9 Å². The zero-order chi connectivity index (χ0) is 21.6. The first-order valence-corrected chi connectivity index (χ1v) is 11.7. The van der Waals surface area contributed by atoms with Gasteiger partial charge in [0.15, 0.2) is 11.5 Å². The van der Waals surface area contributed by atoms with Crippen LogP contribution in [0.1, 0.15) is 56.1 Å². The predicted molar refractivity (Wildman–Crippen MR) is 117 cm³/mol. The fraction of sp³-hybridized carbons (Fsp3) is 0.680. The van der Waals surface area contributed by atoms with Crippen molar-refractivity contribution in [1.29, 1.82) is 0 Å². The monoisotopic (exact) mass is 426 g/mol. The van der Waals surface area contributed by atoms with Crippen LogP contribution >= 0.6 is 0 Å². The largest absolute Gasteiger partial charge is 0.493 e. The Labute approximate surface area is 184 Å². The third kappa shape index (κ3) is 4.01. The Hall–Kier alpha value is -2.24. The van der Waals surface area contributed by atoms with Crippen molar-refractivity contribution in [3.05, 3.63) is 23.3 Å². The number of hydrogen-bond acceptors (Lipinski definition) is 4. The number of rotatable bonds is 6. The van der Waals surface area contributed by atoms with E-state index in [1.54, 1.807) is 14.2 Å². The Bertz CT molecular complexity index is 845. The molecule has 6 nitrogen and oxygen atoms in total. The molecule has 168 valence electrons. The van der Waals surface area contributed by atoms with E-state index in [2.05, 4.69) is 5.32 Å². The molecule has 6 rings (SSSR count). The van der Waals surface area contributed by atoms with Gasteiger partial charge in [-0.25, -0.2) is 0 Å². The van der Waals surface area contributed by atoms with Gasteiger partial charge in [0.05, 0.1) is 20.8 Å². The average Bonchev–Trinajstić information content (AvgIpc) is 2.74. The molecule has 6 heteroatoms. The number of carbonyl (C=O) groups excluding carboxylic acids is 2. The lowest BCUT2D eigenvalue weighted by atomic mass is 9.49. The van der Waals surface area contributed by atoms with E-state index in [0.717, 1.165) is 35.5 Å². The Morgan fingerprint density at radius 3 is 2.16 bits per heavy atom. The van der Waals surface area contributed by atoms with Crippen LogP contribution in [0.15, 0.2) is 12.1 Å². The van der Waals surface area contributed by atoms with Crippen LogP contribution in [-0.4, -0.2) is 44.0 Å². The van der Waals surface area contributed by atoms with Crippen LogP contribution < -0.4 is 14.8 Å². The molecule has 0 unspecified atom stereocenters. The first-order valence-electron chi connectivity index (χ1n) is 11.7. The highest BCUT2D eigenvalue weighted by atomic mass is 16.5. The number of ether oxygens (including phenoxy) is 2. The summed E-state index contributed by atoms with van der Waals surface area (Å²) >= 11 is 0. The van der Waals surface area contributed by atoms with E-state index >= 15 is 0 Å². The fourth-order valence-corrected chi connectivity index (χ4v) is 7.29. The van der Waals surface area contributed by atoms with Gasteiger partial charge in [0, 0.05) is 19.5 Å². The Kier molecular flexibility index (Phi) is 5.35. The van der Waals surface area contributed by atoms with Crippen molar-refractivity contribution in [2.24, 2.45) is 23.2 Å². The zero-order valence-corrected chi connectivity index (χ0v) is 18.7. The minimum absolute atomic E-state index is 0.0145. The number of methoxy groups -OCH3 is 2. The summed E-state index contributed by atoms with van der Waals surface area (Å²) in [6.07, 6.45) is 9.18. The third-order valence-electron chi connectivity index (χ3n) is 8.21. The molecule has 31 heavy (non-hydrogen) atoms. The summed E-state index contributed by atoms with van der Waals surface area (Å²) in [5, 5.41) is 2.94. The van der Waals surface area contributed by atoms with Gasteiger partial charge in [-0.05, 0) is 91.4 Å². The number of benzene rings is 1. The third-order valence-corrected chi connectivity index (χ3v) is 8.21. The van der Waals surface area contributed by atoms with Gasteiger partial charge in [0.25, 0.3) is 0 Å². The summed E-state index contributed by atoms with van der Waals surface area (Å²) in [6, 6.07) is 3.96. The average molecular weight is 427 g/mol. The minimum Gasteiger partial charge on any atom is -0.493 e. The van der Waals surface area contributed by atoms with Crippen LogP contribution in [0.3, 0.4) is 0 Å². The van der Waals surface area contributed by atoms with Crippen molar-refractivity contribution in [1.82, 2.24) is 10.2 Å². The molecule has 0 radical (unpaired) electrons. The smallest absolute Gasteiger partial charge is 0.242 e. The van der Waals surface area contributed by atoms with E-state index in [0.29, 0.717) is 25.3 Å². The maximum Gasteiger partial charge on any atom is 0.242 e. The van der Waals surface area contributed by atoms with Crippen molar-refractivity contribution in [3.8, 4) is 11.5 Å². The molecule has 1 aromatic rings. The minimum atomic E-state index is -0.0145. The molecule has 1 aromatic carbocycles. The SMILES string of the molecule is COc1cc2c(cc1OC)CN(C(=O)CNC(=O)CC13CC4CC(CC(C4)C1)C3)CC2. The molecular formula is C25H34N2O4. The second-order valence-corrected chi connectivity index (χ2v) is 10.4. The van der Waals surface area contributed by atoms with Gasteiger partial charge >= 0.3 is 0 Å². The summed E-state index contributed by atoms with van der Waals surface area (Å²) in [6.45, 7) is 1.29. The van der Waals surface area contributed by atoms with E-state index in [-0.39, 0.29) is 23.8 Å². The van der Waals surface area contributed by atoms with E-state index in [4.69, 9.17) is 9.47 Å². The van der Waals surface area contributed by atoms with Crippen molar-refractivity contribution in [2.45, 2.75) is 57.9 Å². The number of hydrogen-bond donors (Lipinski definition) is 1. The molecule has 0 atom stereocenters. The first-order chi connectivity index (χ1) is 15.0. The lowest BCUT2D eigenvalue weighted by molar-refractivity contribution is -0.136. The quantitative estimate of drug-likeness (QED) is 0.758. The number of amides is 2. The summed E-state index contributed by atoms with van der Waals surface area (Å²) in [5.74, 6) is 3.95. The predicted octanol–water partition coefficient (Wildman–Crippen LogP) is 3.31. The molecule has 0 spiro atoms. The van der Waals surface area contributed by atoms with Crippen LogP contribution in [-0.2, 0) is 22.6 Å². The van der Waals surface area contributed by atoms with Crippen LogP contribution in [0.2, 0.25) is 0 Å². The Balaban J connectivity index is 1.16. The van der Waals surface area contributed by atoms with Crippen LogP contribution in [0.4, 0.5) is 0 Å². The molecule has 0 saturated heterocycles. The Morgan fingerprint density at radius 1 is 1.00 bits per heavy atom. The highest BCUT2D eigenvalue weighted by Gasteiger charge is 2.51. The van der Waals surface area contributed by atoms with Crippen molar-refractivity contribution in [2.75, 3.05) is 27.3 Å². The summed E-state index contributed by atoms with van der Waals surface area (Å²) < 4.78 is 10.8. The van der Waals surface area contributed by atoms with Crippen LogP contribution in [0, 0.1) is 23.2 Å². The molecule has 1 heterocycles. The van der Waals surface area contributed by atoms with Crippen molar-refractivity contribution >= 4 is 11.8 Å². The summed E-state index contributed by atoms with van der Waals surface area (Å²) in [7, 11) is 3.25. The fourth-order valence-electron chi connectivity index (χ4n) is 7.29. The summed E-state index contributed by atoms with van der Waals surface area (Å²) in [5.41, 5.74) is 2.48. The normalized spacial score (nSPS) is 30.6. The molecular weight excluding hydrogens is 392 g/mol. The van der Waals surface area contributed by atoms with Gasteiger partial charge in [-0.15, -0.1) is 0 Å². The zero-order valence-electron chi connectivity index (χ0n) is 18.7. The number of nitrogens with one attached hydrogen (secondary N) is 1. The van der Waals surface area contributed by atoms with Crippen molar-refractivity contribution < 1.29 is 19.1 Å². The highest BCUT2D eigenvalue weighted by Crippen LogP contribution is 2.61. The standard InChI is InChI=1S/C25H34N2O4/c1-30-21-8-19-3-4-27(15-20(19)9-22(21)31-2)24(29)14-26-23(28)13-25-10-16-5-17(11-25)7-18(6-16)12-25/h8-9,16-18H,3-7,10-15H2,1-2H3,(H,26,28). The van der Waals surface area contributed by atoms with Crippen LogP contribution in [0.25, 0.3) is 0 Å². The molecule has 4 saturated carbocycles. The number of nitrogens with zero attached hydrogens (tertiary/aromatic N) is 1. The molecule has 4 bridgehead atoms. The summed E-state index contributed by atoms with van der Waals surface area (Å²) in [4.78, 5) is 27.4. The van der Waals surface area contributed by atoms with Gasteiger partial charge in [0.2, 0.25) is 11.8 Å². The van der Waals surface area contributed by atoms with Gasteiger partial charge in [0.1, 0.15) is 0 Å². The van der Waals surface area contributed by atoms with Crippen LogP contribution in [0.5, 0.6) is 11.5 Å². The van der Waals surface area contributed by atoms with Gasteiger partial charge in [-0.1, -0.05) is 0 Å². The van der Waals surface area contributed by atoms with Gasteiger partial charge in [-0.3, -0.25) is 9.59 Å². The Morgan fingerprint density at radius 2 is 1.58 bits per heavy atom. The molecule has 1 N–H and O–H groups in total. The molecule has 1 aliphatic heterocycles.